The van der Waals surface area contributed by atoms with Crippen molar-refractivity contribution < 1.29 is 19.8 Å². The van der Waals surface area contributed by atoms with Crippen molar-refractivity contribution in [3.63, 3.8) is 0 Å². The molecule has 3 aromatic rings. The van der Waals surface area contributed by atoms with Crippen LogP contribution in [0.25, 0.3) is 22.3 Å². The summed E-state index contributed by atoms with van der Waals surface area (Å²) in [6.45, 7) is -0.294. The zero-order chi connectivity index (χ0) is 17.3. The predicted octanol–water partition coefficient (Wildman–Crippen LogP) is 2.47. The van der Waals surface area contributed by atoms with E-state index in [9.17, 15) is 9.59 Å². The molecule has 0 unspecified atom stereocenters. The van der Waals surface area contributed by atoms with Crippen LogP contribution in [0, 0.1) is 0 Å². The molecule has 0 fully saturated rings. The summed E-state index contributed by atoms with van der Waals surface area (Å²) >= 11 is 6.18. The largest absolute Gasteiger partial charge is 0.480 e. The molecule has 0 atom stereocenters. The Hall–Kier alpha value is -3.13. The number of anilines is 1. The van der Waals surface area contributed by atoms with E-state index < -0.39 is 11.9 Å². The van der Waals surface area contributed by atoms with E-state index in [1.807, 2.05) is 0 Å². The average Bonchev–Trinajstić information content (AvgIpc) is 3.00. The van der Waals surface area contributed by atoms with Crippen LogP contribution in [0.1, 0.15) is 10.4 Å². The third-order valence-corrected chi connectivity index (χ3v) is 3.58. The maximum atomic E-state index is 11.0. The average molecular weight is 347 g/mol. The fraction of sp³-hybridized carbons (Fsp3) is 0.0667. The molecule has 0 radical (unpaired) electrons. The van der Waals surface area contributed by atoms with Crippen LogP contribution in [0.2, 0.25) is 5.02 Å². The summed E-state index contributed by atoms with van der Waals surface area (Å²) in [4.78, 5) is 33.1. The fourth-order valence-electron chi connectivity index (χ4n) is 2.24. The Kier molecular flexibility index (Phi) is 4.05. The smallest absolute Gasteiger partial charge is 0.337 e. The van der Waals surface area contributed by atoms with E-state index in [-0.39, 0.29) is 17.1 Å². The van der Waals surface area contributed by atoms with Gasteiger partial charge in [0.25, 0.3) is 0 Å². The van der Waals surface area contributed by atoms with Crippen LogP contribution in [0.4, 0.5) is 5.82 Å². The molecule has 9 heteroatoms. The molecule has 3 heterocycles. The van der Waals surface area contributed by atoms with Crippen molar-refractivity contribution in [2.45, 2.75) is 0 Å². The van der Waals surface area contributed by atoms with Crippen LogP contribution in [0.5, 0.6) is 0 Å². The summed E-state index contributed by atoms with van der Waals surface area (Å²) in [5.74, 6) is -1.81. The molecule has 3 aromatic heterocycles. The van der Waals surface area contributed by atoms with Crippen molar-refractivity contribution in [3.8, 4) is 11.3 Å². The van der Waals surface area contributed by atoms with Gasteiger partial charge in [-0.15, -0.1) is 0 Å². The highest BCUT2D eigenvalue weighted by Crippen LogP contribution is 2.33. The molecule has 0 aliphatic rings. The van der Waals surface area contributed by atoms with Crippen LogP contribution >= 0.6 is 11.6 Å². The quantitative estimate of drug-likeness (QED) is 0.558. The van der Waals surface area contributed by atoms with E-state index in [4.69, 9.17) is 21.8 Å². The number of halogens is 1. The Bertz CT molecular complexity index is 954. The summed E-state index contributed by atoms with van der Waals surface area (Å²) < 4.78 is 0. The highest BCUT2D eigenvalue weighted by Gasteiger charge is 2.15. The van der Waals surface area contributed by atoms with Crippen molar-refractivity contribution in [2.75, 3.05) is 11.9 Å². The topological polar surface area (TPSA) is 128 Å². The van der Waals surface area contributed by atoms with Gasteiger partial charge in [-0.3, -0.25) is 9.78 Å². The third-order valence-electron chi connectivity index (χ3n) is 3.29. The number of nitrogens with zero attached hydrogens (tertiary/aromatic N) is 2. The van der Waals surface area contributed by atoms with Gasteiger partial charge in [-0.1, -0.05) is 11.6 Å². The van der Waals surface area contributed by atoms with E-state index in [2.05, 4.69) is 20.3 Å². The molecule has 3 rings (SSSR count). The maximum absolute atomic E-state index is 11.0. The van der Waals surface area contributed by atoms with E-state index in [0.717, 1.165) is 5.39 Å². The zero-order valence-corrected chi connectivity index (χ0v) is 12.8. The van der Waals surface area contributed by atoms with Crippen LogP contribution in [-0.4, -0.2) is 43.6 Å². The maximum Gasteiger partial charge on any atom is 0.337 e. The minimum absolute atomic E-state index is 0.0210. The summed E-state index contributed by atoms with van der Waals surface area (Å²) in [6, 6.07) is 4.71. The molecule has 0 aliphatic carbocycles. The number of H-pyrrole nitrogens is 1. The first-order chi connectivity index (χ1) is 11.5. The lowest BCUT2D eigenvalue weighted by Crippen LogP contribution is -2.13. The number of rotatable bonds is 5. The molecule has 8 nitrogen and oxygen atoms in total. The molecular weight excluding hydrogens is 336 g/mol. The summed E-state index contributed by atoms with van der Waals surface area (Å²) in [5, 5.41) is 21.4. The van der Waals surface area contributed by atoms with Gasteiger partial charge >= 0.3 is 11.9 Å². The van der Waals surface area contributed by atoms with Gasteiger partial charge in [0, 0.05) is 23.3 Å². The van der Waals surface area contributed by atoms with Gasteiger partial charge in [-0.25, -0.2) is 9.78 Å². The Morgan fingerprint density at radius 3 is 2.75 bits per heavy atom. The lowest BCUT2D eigenvalue weighted by molar-refractivity contribution is -0.134. The monoisotopic (exact) mass is 346 g/mol. The molecule has 0 bridgehead atoms. The predicted molar refractivity (Wildman–Crippen MR) is 87.4 cm³/mol. The number of aliphatic carboxylic acids is 1. The Balaban J connectivity index is 2.12. The van der Waals surface area contributed by atoms with Gasteiger partial charge in [-0.2, -0.15) is 0 Å². The first kappa shape index (κ1) is 15.8. The first-order valence-electron chi connectivity index (χ1n) is 6.78. The molecule has 0 aliphatic heterocycles. The number of carboxylic acids is 2. The van der Waals surface area contributed by atoms with E-state index in [0.29, 0.717) is 22.7 Å². The number of hydrogen-bond acceptors (Lipinski definition) is 5. The van der Waals surface area contributed by atoms with Crippen molar-refractivity contribution in [1.29, 1.82) is 0 Å². The Labute approximate surface area is 140 Å². The standard InChI is InChI=1S/C15H11ClN4O4/c16-10-3-7(15(23)24)5-19-13(10)9-4-11(18-6-12(21)22)20-14-8(9)1-2-17-14/h1-5H,6H2,(H,21,22)(H,23,24)(H2,17,18,20). The summed E-state index contributed by atoms with van der Waals surface area (Å²) in [7, 11) is 0. The highest BCUT2D eigenvalue weighted by atomic mass is 35.5. The fourth-order valence-corrected chi connectivity index (χ4v) is 2.51. The molecule has 0 amide bonds. The van der Waals surface area contributed by atoms with Crippen LogP contribution in [0.3, 0.4) is 0 Å². The summed E-state index contributed by atoms with van der Waals surface area (Å²) in [5.41, 5.74) is 1.50. The van der Waals surface area contributed by atoms with Crippen LogP contribution in [-0.2, 0) is 4.79 Å². The molecule has 0 spiro atoms. The molecule has 0 saturated carbocycles. The number of aromatic nitrogens is 3. The number of nitrogens with one attached hydrogen (secondary N) is 2. The second-order valence-corrected chi connectivity index (χ2v) is 5.31. The van der Waals surface area contributed by atoms with Gasteiger partial charge in [-0.05, 0) is 18.2 Å². The molecule has 4 N–H and O–H groups in total. The molecular formula is C15H11ClN4O4. The second-order valence-electron chi connectivity index (χ2n) is 4.90. The summed E-state index contributed by atoms with van der Waals surface area (Å²) in [6.07, 6.45) is 2.90. The molecule has 122 valence electrons. The van der Waals surface area contributed by atoms with Crippen molar-refractivity contribution in [3.05, 3.63) is 41.2 Å². The zero-order valence-electron chi connectivity index (χ0n) is 12.1. The number of aromatic carboxylic acids is 1. The molecule has 0 aromatic carbocycles. The highest BCUT2D eigenvalue weighted by molar-refractivity contribution is 6.33. The number of pyridine rings is 2. The number of fused-ring (bicyclic) bond motifs is 1. The van der Waals surface area contributed by atoms with Crippen LogP contribution in [0.15, 0.2) is 30.6 Å². The first-order valence-corrected chi connectivity index (χ1v) is 7.16. The third kappa shape index (κ3) is 2.99. The normalized spacial score (nSPS) is 10.7. The second kappa shape index (κ2) is 6.17. The Morgan fingerprint density at radius 1 is 1.29 bits per heavy atom. The number of aromatic amines is 1. The minimum Gasteiger partial charge on any atom is -0.480 e. The lowest BCUT2D eigenvalue weighted by atomic mass is 10.1. The number of hydrogen-bond donors (Lipinski definition) is 4. The van der Waals surface area contributed by atoms with Crippen LogP contribution < -0.4 is 5.32 Å². The van der Waals surface area contributed by atoms with Gasteiger partial charge in [0.05, 0.1) is 16.3 Å². The van der Waals surface area contributed by atoms with Crippen molar-refractivity contribution in [2.24, 2.45) is 0 Å². The van der Waals surface area contributed by atoms with Gasteiger partial charge < -0.3 is 20.5 Å². The van der Waals surface area contributed by atoms with Gasteiger partial charge in [0.1, 0.15) is 18.0 Å². The Morgan fingerprint density at radius 2 is 2.08 bits per heavy atom. The van der Waals surface area contributed by atoms with Gasteiger partial charge in [0.2, 0.25) is 0 Å². The van der Waals surface area contributed by atoms with Gasteiger partial charge in [0.15, 0.2) is 0 Å². The van der Waals surface area contributed by atoms with Crippen molar-refractivity contribution in [1.82, 2.24) is 15.0 Å². The van der Waals surface area contributed by atoms with E-state index in [1.165, 1.54) is 12.3 Å². The van der Waals surface area contributed by atoms with Crippen molar-refractivity contribution >= 4 is 40.4 Å². The van der Waals surface area contributed by atoms with E-state index in [1.54, 1.807) is 18.3 Å². The number of carbonyl (C=O) groups is 2. The molecule has 0 saturated heterocycles. The number of carboxylic acid groups (broad SMARTS) is 2. The van der Waals surface area contributed by atoms with E-state index >= 15 is 0 Å². The molecule has 24 heavy (non-hydrogen) atoms. The minimum atomic E-state index is -1.12. The lowest BCUT2D eigenvalue weighted by Gasteiger charge is -2.09. The SMILES string of the molecule is O=C(O)CNc1cc(-c2ncc(C(=O)O)cc2Cl)c2cc[nH]c2n1.